The molecule has 0 spiro atoms. The average Bonchev–Trinajstić information content (AvgIpc) is 3.12. The smallest absolute Gasteiger partial charge is 0.193 e. The number of thioether (sulfide) groups is 1. The van der Waals surface area contributed by atoms with Gasteiger partial charge in [0.15, 0.2) is 5.78 Å². The molecule has 0 aliphatic rings. The van der Waals surface area contributed by atoms with Crippen LogP contribution in [0.15, 0.2) is 190 Å². The third-order valence-electron chi connectivity index (χ3n) is 7.36. The Morgan fingerprint density at radius 1 is 0.420 bits per heavy atom. The molecule has 6 rings (SSSR count). The summed E-state index contributed by atoms with van der Waals surface area (Å²) < 4.78 is 0. The van der Waals surface area contributed by atoms with Gasteiger partial charge in [0.1, 0.15) is 0 Å². The molecule has 0 aliphatic heterocycles. The van der Waals surface area contributed by atoms with Crippen molar-refractivity contribution in [3.8, 4) is 0 Å². The Bertz CT molecular complexity index is 1890. The van der Waals surface area contributed by atoms with Gasteiger partial charge in [-0.1, -0.05) is 87.2 Å². The molecular weight excluding hydrogens is 725 g/mol. The molecule has 0 aromatic heterocycles. The number of hydrogen-bond acceptors (Lipinski definition) is 7. The molecule has 0 bridgehead atoms. The molecular formula is C43H40OS6. The van der Waals surface area contributed by atoms with E-state index in [-0.39, 0.29) is 5.78 Å². The van der Waals surface area contributed by atoms with E-state index in [4.69, 9.17) is 0 Å². The molecule has 0 radical (unpaired) electrons. The second-order valence-corrected chi connectivity index (χ2v) is 18.2. The summed E-state index contributed by atoms with van der Waals surface area (Å²) in [5.74, 6) is 0.525. The largest absolute Gasteiger partial charge is 0.289 e. The minimum Gasteiger partial charge on any atom is -0.289 e. The predicted molar refractivity (Wildman–Crippen MR) is 224 cm³/mol. The summed E-state index contributed by atoms with van der Waals surface area (Å²) in [6.07, 6.45) is 0. The van der Waals surface area contributed by atoms with E-state index in [0.717, 1.165) is 25.8 Å². The summed E-state index contributed by atoms with van der Waals surface area (Å²) in [6, 6.07) is 49.6. The second kappa shape index (κ2) is 19.1. The average molecular weight is 765 g/mol. The maximum atomic E-state index is 12.8. The molecule has 0 aliphatic carbocycles. The zero-order valence-corrected chi connectivity index (χ0v) is 33.5. The summed E-state index contributed by atoms with van der Waals surface area (Å²) in [5.41, 5.74) is 2.70. The lowest BCUT2D eigenvalue weighted by atomic mass is 9.98. The van der Waals surface area contributed by atoms with Gasteiger partial charge in [0.05, 0.1) is 0 Å². The summed E-state index contributed by atoms with van der Waals surface area (Å²) in [5, 5.41) is 0.595. The molecule has 50 heavy (non-hydrogen) atoms. The number of ketones is 1. The molecule has 0 amide bonds. The lowest BCUT2D eigenvalue weighted by Crippen LogP contribution is -2.01. The fraction of sp³-hybridized carbons (Fsp3) is 0.140. The molecule has 6 aromatic rings. The van der Waals surface area contributed by atoms with Crippen molar-refractivity contribution in [1.82, 2.24) is 0 Å². The van der Waals surface area contributed by atoms with Gasteiger partial charge >= 0.3 is 0 Å². The van der Waals surface area contributed by atoms with Gasteiger partial charge in [0.2, 0.25) is 0 Å². The van der Waals surface area contributed by atoms with Gasteiger partial charge in [-0.25, -0.2) is 0 Å². The Kier molecular flexibility index (Phi) is 14.6. The molecule has 0 atom stereocenters. The zero-order valence-electron chi connectivity index (χ0n) is 28.4. The number of rotatable bonds is 11. The molecule has 0 fully saturated rings. The number of carbonyl (C=O) groups is 1. The molecule has 0 heterocycles. The molecule has 0 unspecified atom stereocenters. The Labute approximate surface area is 325 Å². The fourth-order valence-corrected chi connectivity index (χ4v) is 8.32. The van der Waals surface area contributed by atoms with Crippen LogP contribution in [0.25, 0.3) is 0 Å². The summed E-state index contributed by atoms with van der Waals surface area (Å²) in [7, 11) is 0. The number of benzene rings is 6. The predicted octanol–water partition coefficient (Wildman–Crippen LogP) is 14.3. The van der Waals surface area contributed by atoms with Gasteiger partial charge in [-0.15, -0.1) is 37.0 Å². The van der Waals surface area contributed by atoms with Crippen molar-refractivity contribution in [3.05, 3.63) is 162 Å². The molecule has 0 saturated carbocycles. The SMILES string of the molecule is CC(C)Sc1ccc(Sc2ccc(Sc3ccc(C(=O)c4ccc(C(C)C)cc4)cc3)cc2)cc1.Sc1ccc(Sc2ccc(S)cc2)cc1. The van der Waals surface area contributed by atoms with Crippen LogP contribution in [0.3, 0.4) is 0 Å². The first kappa shape index (κ1) is 38.3. The highest BCUT2D eigenvalue weighted by Gasteiger charge is 2.10. The van der Waals surface area contributed by atoms with E-state index in [0.29, 0.717) is 11.2 Å². The van der Waals surface area contributed by atoms with E-state index in [1.54, 1.807) is 35.3 Å². The van der Waals surface area contributed by atoms with Gasteiger partial charge in [0.25, 0.3) is 0 Å². The maximum Gasteiger partial charge on any atom is 0.193 e. The van der Waals surface area contributed by atoms with Crippen molar-refractivity contribution < 1.29 is 4.79 Å². The Morgan fingerprint density at radius 2 is 0.700 bits per heavy atom. The first-order valence-corrected chi connectivity index (χ1v) is 20.6. The highest BCUT2D eigenvalue weighted by molar-refractivity contribution is 8.00. The van der Waals surface area contributed by atoms with E-state index >= 15 is 0 Å². The van der Waals surface area contributed by atoms with Crippen LogP contribution in [0.1, 0.15) is 55.1 Å². The standard InChI is InChI=1S/C31H30OS3.C12H10S3/c1-21(2)23-5-7-24(8-6-23)31(32)25-9-11-27(12-10-25)34-29-17-19-30(20-18-29)35-28-15-13-26(14-16-28)33-22(3)4;13-9-1-5-11(6-2-9)15-12-7-3-10(14)4-8-12/h5-22H,1-4H3;1-8,13-14H. The zero-order chi connectivity index (χ0) is 35.5. The highest BCUT2D eigenvalue weighted by atomic mass is 32.2. The first-order valence-electron chi connectivity index (χ1n) is 16.3. The Hall–Kier alpha value is -2.91. The van der Waals surface area contributed by atoms with Crippen LogP contribution in [-0.2, 0) is 0 Å². The fourth-order valence-electron chi connectivity index (χ4n) is 4.73. The molecule has 7 heteroatoms. The van der Waals surface area contributed by atoms with Gasteiger partial charge in [-0.3, -0.25) is 4.79 Å². The van der Waals surface area contributed by atoms with Crippen molar-refractivity contribution in [2.45, 2.75) is 82.9 Å². The Balaban J connectivity index is 0.000000269. The molecule has 1 nitrogen and oxygen atoms in total. The molecule has 0 N–H and O–H groups in total. The highest BCUT2D eigenvalue weighted by Crippen LogP contribution is 2.34. The summed E-state index contributed by atoms with van der Waals surface area (Å²) in [6.45, 7) is 8.75. The summed E-state index contributed by atoms with van der Waals surface area (Å²) >= 11 is 15.6. The van der Waals surface area contributed by atoms with Crippen molar-refractivity contribution in [3.63, 3.8) is 0 Å². The van der Waals surface area contributed by atoms with E-state index in [1.165, 1.54) is 34.9 Å². The monoisotopic (exact) mass is 764 g/mol. The summed E-state index contributed by atoms with van der Waals surface area (Å²) in [4.78, 5) is 23.4. The second-order valence-electron chi connectivity index (χ2n) is 12.0. The maximum absolute atomic E-state index is 12.8. The lowest BCUT2D eigenvalue weighted by Gasteiger charge is -2.08. The number of thiol groups is 2. The van der Waals surface area contributed by atoms with Crippen molar-refractivity contribution in [2.75, 3.05) is 0 Å². The van der Waals surface area contributed by atoms with Crippen LogP contribution in [0, 0.1) is 0 Å². The lowest BCUT2D eigenvalue weighted by molar-refractivity contribution is 0.103. The third kappa shape index (κ3) is 12.1. The van der Waals surface area contributed by atoms with Crippen LogP contribution in [0.5, 0.6) is 0 Å². The normalized spacial score (nSPS) is 11.0. The van der Waals surface area contributed by atoms with E-state index in [1.807, 2.05) is 84.6 Å². The van der Waals surface area contributed by atoms with Crippen LogP contribution in [0.4, 0.5) is 0 Å². The van der Waals surface area contributed by atoms with Crippen molar-refractivity contribution >= 4 is 78.1 Å². The van der Waals surface area contributed by atoms with Gasteiger partial charge in [-0.2, -0.15) is 0 Å². The molecule has 0 saturated heterocycles. The van der Waals surface area contributed by atoms with E-state index in [9.17, 15) is 4.79 Å². The molecule has 6 aromatic carbocycles. The first-order chi connectivity index (χ1) is 24.1. The van der Waals surface area contributed by atoms with Gasteiger partial charge < -0.3 is 0 Å². The topological polar surface area (TPSA) is 17.1 Å². The van der Waals surface area contributed by atoms with Crippen LogP contribution < -0.4 is 0 Å². The van der Waals surface area contributed by atoms with E-state index < -0.39 is 0 Å². The van der Waals surface area contributed by atoms with Gasteiger partial charge in [0, 0.05) is 60.4 Å². The van der Waals surface area contributed by atoms with Crippen LogP contribution in [-0.4, -0.2) is 11.0 Å². The van der Waals surface area contributed by atoms with E-state index in [2.05, 4.69) is 126 Å². The minimum absolute atomic E-state index is 0.0640. The number of hydrogen-bond donors (Lipinski definition) is 2. The quantitative estimate of drug-likeness (QED) is 0.0774. The van der Waals surface area contributed by atoms with Gasteiger partial charge in [-0.05, 0) is 133 Å². The van der Waals surface area contributed by atoms with Crippen LogP contribution >= 0.6 is 72.3 Å². The third-order valence-corrected chi connectivity index (χ3v) is 12.0. The van der Waals surface area contributed by atoms with Crippen molar-refractivity contribution in [2.24, 2.45) is 0 Å². The van der Waals surface area contributed by atoms with Crippen molar-refractivity contribution in [1.29, 1.82) is 0 Å². The van der Waals surface area contributed by atoms with Crippen LogP contribution in [0.2, 0.25) is 0 Å². The number of carbonyl (C=O) groups excluding carboxylic acids is 1. The minimum atomic E-state index is 0.0640. The Morgan fingerprint density at radius 3 is 1.02 bits per heavy atom. The molecule has 254 valence electrons.